The van der Waals surface area contributed by atoms with E-state index in [1.807, 2.05) is 12.1 Å². The van der Waals surface area contributed by atoms with Gasteiger partial charge in [-0.3, -0.25) is 4.79 Å². The predicted molar refractivity (Wildman–Crippen MR) is 70.2 cm³/mol. The number of aliphatic hydroxyl groups excluding tert-OH is 1. The summed E-state index contributed by atoms with van der Waals surface area (Å²) in [6.45, 7) is 1.83. The van der Waals surface area contributed by atoms with Crippen LogP contribution in [0.2, 0.25) is 0 Å². The number of hydrogen-bond donors (Lipinski definition) is 2. The minimum absolute atomic E-state index is 0.220. The average Bonchev–Trinajstić information content (AvgIpc) is 2.78. The third kappa shape index (κ3) is 2.77. The number of aliphatic hydroxyl groups is 1. The van der Waals surface area contributed by atoms with E-state index in [1.165, 1.54) is 11.3 Å². The Labute approximate surface area is 108 Å². The van der Waals surface area contributed by atoms with Crippen molar-refractivity contribution < 1.29 is 14.6 Å². The number of amides is 1. The Bertz CT molecular complexity index is 565. The van der Waals surface area contributed by atoms with Gasteiger partial charge in [-0.2, -0.15) is 0 Å². The van der Waals surface area contributed by atoms with E-state index >= 15 is 0 Å². The van der Waals surface area contributed by atoms with Gasteiger partial charge in [0.05, 0.1) is 23.4 Å². The first-order valence-corrected chi connectivity index (χ1v) is 6.32. The van der Waals surface area contributed by atoms with Crippen molar-refractivity contribution in [3.63, 3.8) is 0 Å². The highest BCUT2D eigenvalue weighted by Crippen LogP contribution is 2.25. The summed E-state index contributed by atoms with van der Waals surface area (Å²) >= 11 is 1.32. The second-order valence-corrected chi connectivity index (χ2v) is 4.94. The van der Waals surface area contributed by atoms with Gasteiger partial charge in [-0.25, -0.2) is 4.98 Å². The number of nitrogens with zero attached hydrogens (tertiary/aromatic N) is 1. The molecular weight excluding hydrogens is 252 g/mol. The summed E-state index contributed by atoms with van der Waals surface area (Å²) in [7, 11) is 1.59. The van der Waals surface area contributed by atoms with Crippen LogP contribution in [0.5, 0.6) is 5.75 Å². The minimum atomic E-state index is -0.566. The number of thiazole rings is 1. The molecule has 18 heavy (non-hydrogen) atoms. The van der Waals surface area contributed by atoms with E-state index in [2.05, 4.69) is 10.3 Å². The van der Waals surface area contributed by atoms with Crippen LogP contribution in [0.1, 0.15) is 16.7 Å². The SMILES string of the molecule is COc1ccc2sc(C(=O)NCC(C)O)nc2c1. The van der Waals surface area contributed by atoms with Crippen LogP contribution in [0.25, 0.3) is 10.2 Å². The smallest absolute Gasteiger partial charge is 0.280 e. The monoisotopic (exact) mass is 266 g/mol. The Morgan fingerprint density at radius 1 is 1.61 bits per heavy atom. The number of ether oxygens (including phenoxy) is 1. The predicted octanol–water partition coefficient (Wildman–Crippen LogP) is 1.42. The zero-order valence-corrected chi connectivity index (χ0v) is 11.0. The molecule has 1 aromatic heterocycles. The maximum absolute atomic E-state index is 11.8. The number of carbonyl (C=O) groups is 1. The normalized spacial score (nSPS) is 12.4. The number of methoxy groups -OCH3 is 1. The molecule has 0 bridgehead atoms. The van der Waals surface area contributed by atoms with Gasteiger partial charge in [0, 0.05) is 12.6 Å². The maximum Gasteiger partial charge on any atom is 0.280 e. The fourth-order valence-electron chi connectivity index (χ4n) is 1.45. The molecule has 1 unspecified atom stereocenters. The van der Waals surface area contributed by atoms with Gasteiger partial charge in [-0.1, -0.05) is 0 Å². The van der Waals surface area contributed by atoms with Crippen LogP contribution in [-0.2, 0) is 0 Å². The number of nitrogens with one attached hydrogen (secondary N) is 1. The molecule has 1 amide bonds. The molecule has 6 heteroatoms. The number of hydrogen-bond acceptors (Lipinski definition) is 5. The van der Waals surface area contributed by atoms with E-state index < -0.39 is 6.10 Å². The van der Waals surface area contributed by atoms with Gasteiger partial charge in [0.2, 0.25) is 0 Å². The lowest BCUT2D eigenvalue weighted by Crippen LogP contribution is -2.30. The van der Waals surface area contributed by atoms with Crippen LogP contribution >= 0.6 is 11.3 Å². The first-order valence-electron chi connectivity index (χ1n) is 5.51. The molecule has 2 rings (SSSR count). The third-order valence-electron chi connectivity index (χ3n) is 2.35. The lowest BCUT2D eigenvalue weighted by molar-refractivity contribution is 0.0924. The Morgan fingerprint density at radius 2 is 2.39 bits per heavy atom. The summed E-state index contributed by atoms with van der Waals surface area (Å²) in [5.41, 5.74) is 0.738. The Morgan fingerprint density at radius 3 is 3.06 bits per heavy atom. The van der Waals surface area contributed by atoms with Crippen molar-refractivity contribution >= 4 is 27.5 Å². The van der Waals surface area contributed by atoms with Crippen molar-refractivity contribution in [3.8, 4) is 5.75 Å². The number of rotatable bonds is 4. The molecular formula is C12H14N2O3S. The summed E-state index contributed by atoms with van der Waals surface area (Å²) in [5, 5.41) is 12.1. The van der Waals surface area contributed by atoms with Gasteiger partial charge in [-0.15, -0.1) is 11.3 Å². The molecule has 5 nitrogen and oxygen atoms in total. The summed E-state index contributed by atoms with van der Waals surface area (Å²) in [6, 6.07) is 5.49. The average molecular weight is 266 g/mol. The molecule has 0 aliphatic carbocycles. The molecule has 1 heterocycles. The third-order valence-corrected chi connectivity index (χ3v) is 3.38. The molecule has 0 spiro atoms. The van der Waals surface area contributed by atoms with Gasteiger partial charge in [0.25, 0.3) is 5.91 Å². The Hall–Kier alpha value is -1.66. The highest BCUT2D eigenvalue weighted by molar-refractivity contribution is 7.20. The lowest BCUT2D eigenvalue weighted by Gasteiger charge is -2.04. The van der Waals surface area contributed by atoms with Gasteiger partial charge in [-0.05, 0) is 19.1 Å². The molecule has 0 fully saturated rings. The van der Waals surface area contributed by atoms with Crippen molar-refractivity contribution in [3.05, 3.63) is 23.2 Å². The molecule has 96 valence electrons. The summed E-state index contributed by atoms with van der Waals surface area (Å²) in [5.74, 6) is 0.444. The van der Waals surface area contributed by atoms with E-state index in [0.29, 0.717) is 10.8 Å². The Kier molecular flexibility index (Phi) is 3.78. The molecule has 0 saturated heterocycles. The van der Waals surface area contributed by atoms with Crippen molar-refractivity contribution in [2.24, 2.45) is 0 Å². The molecule has 2 N–H and O–H groups in total. The standard InChI is InChI=1S/C12H14N2O3S/c1-7(15)6-13-11(16)12-14-9-5-8(17-2)3-4-10(9)18-12/h3-5,7,15H,6H2,1-2H3,(H,13,16). The van der Waals surface area contributed by atoms with Crippen molar-refractivity contribution in [2.75, 3.05) is 13.7 Å². The van der Waals surface area contributed by atoms with Crippen LogP contribution < -0.4 is 10.1 Å². The maximum atomic E-state index is 11.8. The summed E-state index contributed by atoms with van der Waals surface area (Å²) in [6.07, 6.45) is -0.566. The van der Waals surface area contributed by atoms with Gasteiger partial charge >= 0.3 is 0 Å². The topological polar surface area (TPSA) is 71.5 Å². The van der Waals surface area contributed by atoms with Crippen LogP contribution in [0.3, 0.4) is 0 Å². The fourth-order valence-corrected chi connectivity index (χ4v) is 2.31. The highest BCUT2D eigenvalue weighted by Gasteiger charge is 2.12. The summed E-state index contributed by atoms with van der Waals surface area (Å²) < 4.78 is 6.03. The fraction of sp³-hybridized carbons (Fsp3) is 0.333. The molecule has 0 saturated carbocycles. The summed E-state index contributed by atoms with van der Waals surface area (Å²) in [4.78, 5) is 16.0. The first-order chi connectivity index (χ1) is 8.60. The van der Waals surface area contributed by atoms with Crippen LogP contribution in [0.4, 0.5) is 0 Å². The highest BCUT2D eigenvalue weighted by atomic mass is 32.1. The molecule has 0 radical (unpaired) electrons. The number of aromatic nitrogens is 1. The molecule has 1 atom stereocenters. The van der Waals surface area contributed by atoms with E-state index in [-0.39, 0.29) is 12.5 Å². The number of fused-ring (bicyclic) bond motifs is 1. The van der Waals surface area contributed by atoms with E-state index in [0.717, 1.165) is 10.2 Å². The Balaban J connectivity index is 2.21. The van der Waals surface area contributed by atoms with E-state index in [1.54, 1.807) is 20.1 Å². The minimum Gasteiger partial charge on any atom is -0.497 e. The number of benzene rings is 1. The van der Waals surface area contributed by atoms with Crippen molar-refractivity contribution in [1.82, 2.24) is 10.3 Å². The molecule has 1 aromatic carbocycles. The van der Waals surface area contributed by atoms with Crippen LogP contribution in [0, 0.1) is 0 Å². The lowest BCUT2D eigenvalue weighted by atomic mass is 10.3. The second kappa shape index (κ2) is 5.32. The van der Waals surface area contributed by atoms with Crippen molar-refractivity contribution in [1.29, 1.82) is 0 Å². The van der Waals surface area contributed by atoms with Crippen molar-refractivity contribution in [2.45, 2.75) is 13.0 Å². The number of carbonyl (C=O) groups excluding carboxylic acids is 1. The van der Waals surface area contributed by atoms with E-state index in [4.69, 9.17) is 9.84 Å². The van der Waals surface area contributed by atoms with E-state index in [9.17, 15) is 4.79 Å². The van der Waals surface area contributed by atoms with Gasteiger partial charge in [0.1, 0.15) is 5.75 Å². The second-order valence-electron chi connectivity index (χ2n) is 3.91. The first kappa shape index (κ1) is 12.8. The van der Waals surface area contributed by atoms with Gasteiger partial charge in [0.15, 0.2) is 5.01 Å². The quantitative estimate of drug-likeness (QED) is 0.878. The van der Waals surface area contributed by atoms with Gasteiger partial charge < -0.3 is 15.2 Å². The largest absolute Gasteiger partial charge is 0.497 e. The van der Waals surface area contributed by atoms with Crippen LogP contribution in [-0.4, -0.2) is 35.8 Å². The molecule has 2 aromatic rings. The van der Waals surface area contributed by atoms with Crippen LogP contribution in [0.15, 0.2) is 18.2 Å². The molecule has 0 aliphatic heterocycles. The zero-order chi connectivity index (χ0) is 13.1. The molecule has 0 aliphatic rings. The zero-order valence-electron chi connectivity index (χ0n) is 10.1.